The highest BCUT2D eigenvalue weighted by Crippen LogP contribution is 2.48. The van der Waals surface area contributed by atoms with Gasteiger partial charge in [0.15, 0.2) is 0 Å². The van der Waals surface area contributed by atoms with Crippen molar-refractivity contribution in [2.24, 2.45) is 0 Å². The number of benzene rings is 10. The zero-order chi connectivity index (χ0) is 34.9. The number of para-hydroxylation sites is 1. The van der Waals surface area contributed by atoms with Crippen LogP contribution in [0.5, 0.6) is 0 Å². The predicted molar refractivity (Wildman–Crippen MR) is 225 cm³/mol. The molecule has 10 aromatic carbocycles. The highest BCUT2D eigenvalue weighted by molar-refractivity contribution is 6.24. The van der Waals surface area contributed by atoms with Crippen LogP contribution in [0, 0.1) is 0 Å². The smallest absolute Gasteiger partial charge is 0.143 e. The van der Waals surface area contributed by atoms with Gasteiger partial charge in [-0.05, 0) is 106 Å². The monoisotopic (exact) mass is 672 g/mol. The Hall–Kier alpha value is -6.96. The lowest BCUT2D eigenvalue weighted by atomic mass is 9.83. The summed E-state index contributed by atoms with van der Waals surface area (Å²) in [6.45, 7) is 0. The molecule has 1 heteroatoms. The number of hydrogen-bond acceptors (Lipinski definition) is 1. The van der Waals surface area contributed by atoms with Gasteiger partial charge in [-0.25, -0.2) is 0 Å². The lowest BCUT2D eigenvalue weighted by molar-refractivity contribution is 0.670. The van der Waals surface area contributed by atoms with Crippen molar-refractivity contribution in [2.75, 3.05) is 0 Å². The average molecular weight is 673 g/mol. The molecular formula is C52H32O. The fraction of sp³-hybridized carbons (Fsp3) is 0. The number of hydrogen-bond donors (Lipinski definition) is 0. The lowest BCUT2D eigenvalue weighted by Gasteiger charge is -2.20. The molecule has 0 unspecified atom stereocenters. The maximum atomic E-state index is 6.71. The fourth-order valence-electron chi connectivity index (χ4n) is 8.67. The third-order valence-corrected chi connectivity index (χ3v) is 11.0. The van der Waals surface area contributed by atoms with E-state index in [1.807, 2.05) is 0 Å². The second-order valence-corrected chi connectivity index (χ2v) is 14.0. The Morgan fingerprint density at radius 2 is 0.811 bits per heavy atom. The molecule has 11 rings (SSSR count). The van der Waals surface area contributed by atoms with Crippen LogP contribution in [0.4, 0.5) is 0 Å². The van der Waals surface area contributed by atoms with Crippen LogP contribution in [-0.4, -0.2) is 0 Å². The number of furan rings is 1. The summed E-state index contributed by atoms with van der Waals surface area (Å²) in [5.41, 5.74) is 11.4. The van der Waals surface area contributed by atoms with Crippen LogP contribution in [0.15, 0.2) is 199 Å². The first-order chi connectivity index (χ1) is 26.3. The number of fused-ring (bicyclic) bond motifs is 7. The summed E-state index contributed by atoms with van der Waals surface area (Å²) in [5.74, 6) is 0. The fourth-order valence-corrected chi connectivity index (χ4v) is 8.67. The second-order valence-electron chi connectivity index (χ2n) is 14.0. The summed E-state index contributed by atoms with van der Waals surface area (Å²) in [6.07, 6.45) is 0. The molecule has 0 fully saturated rings. The van der Waals surface area contributed by atoms with Crippen LogP contribution in [0.3, 0.4) is 0 Å². The Labute approximate surface area is 307 Å². The molecule has 0 radical (unpaired) electrons. The summed E-state index contributed by atoms with van der Waals surface area (Å²) in [7, 11) is 0. The molecule has 1 nitrogen and oxygen atoms in total. The van der Waals surface area contributed by atoms with Crippen LogP contribution in [0.1, 0.15) is 0 Å². The van der Waals surface area contributed by atoms with Crippen molar-refractivity contribution in [1.82, 2.24) is 0 Å². The Kier molecular flexibility index (Phi) is 6.62. The van der Waals surface area contributed by atoms with E-state index >= 15 is 0 Å². The average Bonchev–Trinajstić information content (AvgIpc) is 3.61. The number of rotatable bonds is 4. The maximum Gasteiger partial charge on any atom is 0.143 e. The molecule has 246 valence electrons. The van der Waals surface area contributed by atoms with Crippen molar-refractivity contribution >= 4 is 65.0 Å². The van der Waals surface area contributed by atoms with Gasteiger partial charge in [-0.15, -0.1) is 0 Å². The Balaban J connectivity index is 1.24. The van der Waals surface area contributed by atoms with Crippen LogP contribution in [0.25, 0.3) is 110 Å². The molecule has 0 aliphatic carbocycles. The molecule has 0 aliphatic rings. The highest BCUT2D eigenvalue weighted by atomic mass is 16.3. The van der Waals surface area contributed by atoms with Crippen LogP contribution in [0.2, 0.25) is 0 Å². The highest BCUT2D eigenvalue weighted by Gasteiger charge is 2.22. The van der Waals surface area contributed by atoms with E-state index in [2.05, 4.69) is 194 Å². The quantitative estimate of drug-likeness (QED) is 0.170. The molecule has 0 spiro atoms. The van der Waals surface area contributed by atoms with Gasteiger partial charge in [0.1, 0.15) is 11.2 Å². The van der Waals surface area contributed by atoms with Crippen molar-refractivity contribution in [2.45, 2.75) is 0 Å². The van der Waals surface area contributed by atoms with E-state index in [-0.39, 0.29) is 0 Å². The van der Waals surface area contributed by atoms with Gasteiger partial charge in [0.25, 0.3) is 0 Å². The summed E-state index contributed by atoms with van der Waals surface area (Å²) in [4.78, 5) is 0. The largest absolute Gasteiger partial charge is 0.455 e. The third-order valence-electron chi connectivity index (χ3n) is 11.0. The zero-order valence-electron chi connectivity index (χ0n) is 28.9. The predicted octanol–water partition coefficient (Wildman–Crippen LogP) is 14.9. The van der Waals surface area contributed by atoms with Crippen LogP contribution in [-0.2, 0) is 0 Å². The van der Waals surface area contributed by atoms with E-state index < -0.39 is 0 Å². The van der Waals surface area contributed by atoms with E-state index in [1.54, 1.807) is 0 Å². The molecule has 11 aromatic rings. The third kappa shape index (κ3) is 4.64. The van der Waals surface area contributed by atoms with E-state index in [4.69, 9.17) is 4.42 Å². The van der Waals surface area contributed by atoms with Gasteiger partial charge in [-0.1, -0.05) is 170 Å². The van der Waals surface area contributed by atoms with E-state index in [9.17, 15) is 0 Å². The minimum atomic E-state index is 0.900. The zero-order valence-corrected chi connectivity index (χ0v) is 28.9. The van der Waals surface area contributed by atoms with Crippen molar-refractivity contribution in [3.05, 3.63) is 194 Å². The van der Waals surface area contributed by atoms with Gasteiger partial charge in [0.05, 0.1) is 0 Å². The minimum Gasteiger partial charge on any atom is -0.455 e. The molecule has 0 atom stereocenters. The van der Waals surface area contributed by atoms with Gasteiger partial charge < -0.3 is 4.42 Å². The molecule has 0 saturated carbocycles. The SMILES string of the molecule is c1ccc(-c2c3ccccc3c(-c3cc(-c4cccc5ccccc45)c4oc5ccccc5c4c3)c3ccccc23)c(-c2ccc3ccccc3c2)c1. The van der Waals surface area contributed by atoms with Gasteiger partial charge in [0, 0.05) is 16.3 Å². The molecule has 1 aromatic heterocycles. The van der Waals surface area contributed by atoms with Crippen molar-refractivity contribution in [3.8, 4) is 44.5 Å². The van der Waals surface area contributed by atoms with Gasteiger partial charge >= 0.3 is 0 Å². The summed E-state index contributed by atoms with van der Waals surface area (Å²) in [6, 6.07) is 70.6. The molecule has 1 heterocycles. The Morgan fingerprint density at radius 1 is 0.264 bits per heavy atom. The Bertz CT molecular complexity index is 3170. The van der Waals surface area contributed by atoms with E-state index in [0.29, 0.717) is 0 Å². The first-order valence-electron chi connectivity index (χ1n) is 18.3. The molecule has 0 amide bonds. The van der Waals surface area contributed by atoms with Gasteiger partial charge in [-0.2, -0.15) is 0 Å². The minimum absolute atomic E-state index is 0.900. The lowest BCUT2D eigenvalue weighted by Crippen LogP contribution is -1.93. The second kappa shape index (κ2) is 11.8. The van der Waals surface area contributed by atoms with Crippen molar-refractivity contribution in [3.63, 3.8) is 0 Å². The first-order valence-corrected chi connectivity index (χ1v) is 18.3. The van der Waals surface area contributed by atoms with Crippen molar-refractivity contribution in [1.29, 1.82) is 0 Å². The standard InChI is InChI=1S/C52H32O/c1-2-16-35-30-36(29-28-33(35)14-1)39-19-5-6-21-42(39)51-45-24-9-7-22-43(45)50(44-23-8-10-25-46(44)51)37-31-47(40-26-13-17-34-15-3-4-18-38(34)40)52-48(32-37)41-20-11-12-27-49(41)53-52/h1-32H. The molecule has 0 saturated heterocycles. The van der Waals surface area contributed by atoms with Gasteiger partial charge in [0.2, 0.25) is 0 Å². The van der Waals surface area contributed by atoms with Gasteiger partial charge in [-0.3, -0.25) is 0 Å². The molecule has 0 bridgehead atoms. The van der Waals surface area contributed by atoms with Crippen molar-refractivity contribution < 1.29 is 4.42 Å². The van der Waals surface area contributed by atoms with Crippen LogP contribution < -0.4 is 0 Å². The summed E-state index contributed by atoms with van der Waals surface area (Å²) in [5, 5.41) is 12.1. The van der Waals surface area contributed by atoms with Crippen LogP contribution >= 0.6 is 0 Å². The Morgan fingerprint density at radius 3 is 1.57 bits per heavy atom. The summed E-state index contributed by atoms with van der Waals surface area (Å²) >= 11 is 0. The molecule has 53 heavy (non-hydrogen) atoms. The molecule has 0 N–H and O–H groups in total. The first kappa shape index (κ1) is 29.7. The normalized spacial score (nSPS) is 11.8. The van der Waals surface area contributed by atoms with E-state index in [1.165, 1.54) is 82.0 Å². The van der Waals surface area contributed by atoms with E-state index in [0.717, 1.165) is 27.5 Å². The topological polar surface area (TPSA) is 13.1 Å². The molecule has 0 aliphatic heterocycles. The molecular weight excluding hydrogens is 641 g/mol. The maximum absolute atomic E-state index is 6.71. The summed E-state index contributed by atoms with van der Waals surface area (Å²) < 4.78 is 6.71.